The van der Waals surface area contributed by atoms with Crippen molar-refractivity contribution in [3.05, 3.63) is 35.4 Å². The zero-order chi connectivity index (χ0) is 15.3. The Kier molecular flexibility index (Phi) is 5.64. The molecule has 0 atom stereocenters. The maximum atomic E-state index is 12.4. The molecule has 0 unspecified atom stereocenters. The van der Waals surface area contributed by atoms with Crippen molar-refractivity contribution in [2.45, 2.75) is 46.0 Å². The second kappa shape index (κ2) is 6.81. The molecule has 0 fully saturated rings. The highest BCUT2D eigenvalue weighted by Crippen LogP contribution is 2.28. The zero-order valence-electron chi connectivity index (χ0n) is 12.3. The maximum absolute atomic E-state index is 12.4. The number of alkyl halides is 3. The molecule has 0 saturated carbocycles. The monoisotopic (exact) mass is 283 g/mol. The van der Waals surface area contributed by atoms with Gasteiger partial charge < -0.3 is 0 Å². The van der Waals surface area contributed by atoms with Crippen LogP contribution < -0.4 is 0 Å². The number of halogens is 3. The first-order valence-electron chi connectivity index (χ1n) is 6.63. The SMILES string of the molecule is CC(C)N(CC#Cc1ccc(C(F)(F)F)cc1)C(C)C. The molecule has 0 bridgehead atoms. The maximum Gasteiger partial charge on any atom is 0.416 e. The zero-order valence-corrected chi connectivity index (χ0v) is 12.3. The highest BCUT2D eigenvalue weighted by molar-refractivity contribution is 5.37. The van der Waals surface area contributed by atoms with Crippen LogP contribution in [-0.4, -0.2) is 23.5 Å². The summed E-state index contributed by atoms with van der Waals surface area (Å²) in [6.45, 7) is 9.00. The fraction of sp³-hybridized carbons (Fsp3) is 0.500. The van der Waals surface area contributed by atoms with E-state index in [-0.39, 0.29) is 0 Å². The molecular formula is C16H20F3N. The van der Waals surface area contributed by atoms with Gasteiger partial charge in [0.25, 0.3) is 0 Å². The molecule has 0 aliphatic rings. The summed E-state index contributed by atoms with van der Waals surface area (Å²) in [6.07, 6.45) is -4.29. The minimum Gasteiger partial charge on any atom is -0.287 e. The predicted octanol–water partition coefficient (Wildman–Crippen LogP) is 4.18. The molecule has 1 rings (SSSR count). The topological polar surface area (TPSA) is 3.24 Å². The van der Waals surface area contributed by atoms with Crippen molar-refractivity contribution in [3.63, 3.8) is 0 Å². The summed E-state index contributed by atoms with van der Waals surface area (Å²) in [5.41, 5.74) is -0.0421. The molecular weight excluding hydrogens is 263 g/mol. The van der Waals surface area contributed by atoms with E-state index in [9.17, 15) is 13.2 Å². The van der Waals surface area contributed by atoms with E-state index in [1.165, 1.54) is 12.1 Å². The van der Waals surface area contributed by atoms with Gasteiger partial charge in [0.1, 0.15) is 0 Å². The molecule has 0 amide bonds. The highest BCUT2D eigenvalue weighted by atomic mass is 19.4. The van der Waals surface area contributed by atoms with Crippen molar-refractivity contribution in [3.8, 4) is 11.8 Å². The number of benzene rings is 1. The summed E-state index contributed by atoms with van der Waals surface area (Å²) in [4.78, 5) is 2.22. The molecule has 0 spiro atoms. The van der Waals surface area contributed by atoms with Gasteiger partial charge in [-0.15, -0.1) is 0 Å². The third kappa shape index (κ3) is 4.90. The van der Waals surface area contributed by atoms with Crippen molar-refractivity contribution < 1.29 is 13.2 Å². The third-order valence-electron chi connectivity index (χ3n) is 3.03. The van der Waals surface area contributed by atoms with Crippen molar-refractivity contribution >= 4 is 0 Å². The molecule has 0 aliphatic heterocycles. The third-order valence-corrected chi connectivity index (χ3v) is 3.03. The molecule has 0 N–H and O–H groups in total. The second-order valence-electron chi connectivity index (χ2n) is 5.24. The molecule has 4 heteroatoms. The van der Waals surface area contributed by atoms with E-state index >= 15 is 0 Å². The predicted molar refractivity (Wildman–Crippen MR) is 75.3 cm³/mol. The summed E-state index contributed by atoms with van der Waals surface area (Å²) in [6, 6.07) is 5.71. The molecule has 0 saturated heterocycles. The van der Waals surface area contributed by atoms with Crippen molar-refractivity contribution in [2.75, 3.05) is 6.54 Å². The van der Waals surface area contributed by atoms with Crippen LogP contribution in [0.5, 0.6) is 0 Å². The van der Waals surface area contributed by atoms with Gasteiger partial charge in [-0.3, -0.25) is 4.90 Å². The van der Waals surface area contributed by atoms with E-state index in [1.807, 2.05) is 0 Å². The molecule has 20 heavy (non-hydrogen) atoms. The summed E-state index contributed by atoms with van der Waals surface area (Å²) in [7, 11) is 0. The van der Waals surface area contributed by atoms with E-state index in [2.05, 4.69) is 44.4 Å². The first-order valence-corrected chi connectivity index (χ1v) is 6.63. The van der Waals surface area contributed by atoms with Crippen molar-refractivity contribution in [2.24, 2.45) is 0 Å². The fourth-order valence-corrected chi connectivity index (χ4v) is 1.94. The molecule has 0 aromatic heterocycles. The largest absolute Gasteiger partial charge is 0.416 e. The van der Waals surface area contributed by atoms with E-state index in [4.69, 9.17) is 0 Å². The quantitative estimate of drug-likeness (QED) is 0.752. The average molecular weight is 283 g/mol. The fourth-order valence-electron chi connectivity index (χ4n) is 1.94. The van der Waals surface area contributed by atoms with Crippen LogP contribution in [0.15, 0.2) is 24.3 Å². The normalized spacial score (nSPS) is 11.9. The van der Waals surface area contributed by atoms with Gasteiger partial charge in [0.15, 0.2) is 0 Å². The Morgan fingerprint density at radius 3 is 1.90 bits per heavy atom. The Hall–Kier alpha value is -1.47. The Morgan fingerprint density at radius 2 is 1.50 bits per heavy atom. The standard InChI is InChI=1S/C16H20F3N/c1-12(2)20(13(3)4)11-5-6-14-7-9-15(10-8-14)16(17,18)19/h7-10,12-13H,11H2,1-4H3. The number of nitrogens with zero attached hydrogens (tertiary/aromatic N) is 1. The minimum atomic E-state index is -4.29. The molecule has 110 valence electrons. The van der Waals surface area contributed by atoms with E-state index < -0.39 is 11.7 Å². The Morgan fingerprint density at radius 1 is 1.00 bits per heavy atom. The Balaban J connectivity index is 2.73. The van der Waals surface area contributed by atoms with Gasteiger partial charge in [-0.1, -0.05) is 11.8 Å². The van der Waals surface area contributed by atoms with Gasteiger partial charge in [0.2, 0.25) is 0 Å². The summed E-state index contributed by atoms with van der Waals surface area (Å²) in [5.74, 6) is 5.92. The van der Waals surface area contributed by atoms with Gasteiger partial charge in [-0.05, 0) is 52.0 Å². The van der Waals surface area contributed by atoms with Crippen molar-refractivity contribution in [1.82, 2.24) is 4.90 Å². The Bertz CT molecular complexity index is 467. The second-order valence-corrected chi connectivity index (χ2v) is 5.24. The van der Waals surface area contributed by atoms with Crippen LogP contribution in [0, 0.1) is 11.8 Å². The lowest BCUT2D eigenvalue weighted by atomic mass is 10.1. The molecule has 1 nitrogen and oxygen atoms in total. The number of rotatable bonds is 3. The lowest BCUT2D eigenvalue weighted by Crippen LogP contribution is -2.37. The number of hydrogen-bond acceptors (Lipinski definition) is 1. The minimum absolute atomic E-state index is 0.386. The van der Waals surface area contributed by atoms with Crippen LogP contribution >= 0.6 is 0 Å². The average Bonchev–Trinajstić information content (AvgIpc) is 2.33. The summed E-state index contributed by atoms with van der Waals surface area (Å²) >= 11 is 0. The Labute approximate surface area is 118 Å². The first kappa shape index (κ1) is 16.6. The van der Waals surface area contributed by atoms with E-state index in [0.717, 1.165) is 12.1 Å². The van der Waals surface area contributed by atoms with Crippen LogP contribution in [0.3, 0.4) is 0 Å². The lowest BCUT2D eigenvalue weighted by molar-refractivity contribution is -0.137. The van der Waals surface area contributed by atoms with Gasteiger partial charge in [-0.2, -0.15) is 13.2 Å². The smallest absolute Gasteiger partial charge is 0.287 e. The van der Waals surface area contributed by atoms with Crippen LogP contribution in [0.1, 0.15) is 38.8 Å². The molecule has 1 aromatic rings. The number of hydrogen-bond donors (Lipinski definition) is 0. The van der Waals surface area contributed by atoms with Gasteiger partial charge in [0, 0.05) is 17.6 Å². The summed E-state index contributed by atoms with van der Waals surface area (Å²) < 4.78 is 37.2. The molecule has 0 heterocycles. The van der Waals surface area contributed by atoms with Crippen LogP contribution in [0.25, 0.3) is 0 Å². The van der Waals surface area contributed by atoms with E-state index in [1.54, 1.807) is 0 Å². The lowest BCUT2D eigenvalue weighted by Gasteiger charge is -2.28. The molecule has 0 radical (unpaired) electrons. The van der Waals surface area contributed by atoms with Gasteiger partial charge in [-0.25, -0.2) is 0 Å². The van der Waals surface area contributed by atoms with Crippen LogP contribution in [0.2, 0.25) is 0 Å². The van der Waals surface area contributed by atoms with Crippen LogP contribution in [0.4, 0.5) is 13.2 Å². The van der Waals surface area contributed by atoms with Gasteiger partial charge >= 0.3 is 6.18 Å². The highest BCUT2D eigenvalue weighted by Gasteiger charge is 2.29. The van der Waals surface area contributed by atoms with Gasteiger partial charge in [0.05, 0.1) is 12.1 Å². The first-order chi connectivity index (χ1) is 9.21. The molecule has 1 aromatic carbocycles. The van der Waals surface area contributed by atoms with E-state index in [0.29, 0.717) is 24.2 Å². The molecule has 0 aliphatic carbocycles. The van der Waals surface area contributed by atoms with Crippen molar-refractivity contribution in [1.29, 1.82) is 0 Å². The summed E-state index contributed by atoms with van der Waals surface area (Å²) in [5, 5.41) is 0. The van der Waals surface area contributed by atoms with Crippen LogP contribution in [-0.2, 0) is 6.18 Å².